The monoisotopic (exact) mass is 363 g/mol. The molecule has 0 unspecified atom stereocenters. The van der Waals surface area contributed by atoms with Crippen molar-refractivity contribution in [3.05, 3.63) is 54.1 Å². The summed E-state index contributed by atoms with van der Waals surface area (Å²) >= 11 is 0. The predicted octanol–water partition coefficient (Wildman–Crippen LogP) is 5.08. The molecule has 140 valence electrons. The maximum atomic E-state index is 10.7. The number of nitrogens with one attached hydrogen (secondary N) is 1. The van der Waals surface area contributed by atoms with E-state index in [4.69, 9.17) is 9.72 Å². The van der Waals surface area contributed by atoms with Gasteiger partial charge in [0.15, 0.2) is 0 Å². The molecular weight excluding hydrogens is 338 g/mol. The van der Waals surface area contributed by atoms with Crippen molar-refractivity contribution in [1.82, 2.24) is 9.55 Å². The Bertz CT molecular complexity index is 897. The molecule has 1 N–H and O–H groups in total. The van der Waals surface area contributed by atoms with E-state index in [1.54, 1.807) is 0 Å². The highest BCUT2D eigenvalue weighted by Gasteiger charge is 2.21. The van der Waals surface area contributed by atoms with Gasteiger partial charge in [-0.2, -0.15) is 0 Å². The minimum Gasteiger partial charge on any atom is -0.429 e. The average molecular weight is 363 g/mol. The van der Waals surface area contributed by atoms with Crippen LogP contribution < -0.4 is 10.1 Å². The molecule has 1 aliphatic carbocycles. The Hall–Kier alpha value is -2.82. The minimum absolute atomic E-state index is 0.452. The van der Waals surface area contributed by atoms with Crippen LogP contribution in [0.2, 0.25) is 0 Å². The molecule has 1 aromatic heterocycles. The van der Waals surface area contributed by atoms with Crippen LogP contribution in [0.5, 0.6) is 5.75 Å². The second-order valence-corrected chi connectivity index (χ2v) is 7.15. The highest BCUT2D eigenvalue weighted by atomic mass is 16.5. The lowest BCUT2D eigenvalue weighted by atomic mass is 10.1. The fraction of sp³-hybridized carbons (Fsp3) is 0.364. The van der Waals surface area contributed by atoms with Crippen molar-refractivity contribution in [2.45, 2.75) is 51.1 Å². The van der Waals surface area contributed by atoms with Crippen molar-refractivity contribution < 1.29 is 9.53 Å². The first kappa shape index (κ1) is 17.6. The summed E-state index contributed by atoms with van der Waals surface area (Å²) in [4.78, 5) is 15.5. The van der Waals surface area contributed by atoms with Crippen molar-refractivity contribution >= 4 is 23.5 Å². The van der Waals surface area contributed by atoms with Crippen LogP contribution >= 0.6 is 0 Å². The van der Waals surface area contributed by atoms with Gasteiger partial charge in [-0.05, 0) is 30.5 Å². The Kier molecular flexibility index (Phi) is 5.37. The van der Waals surface area contributed by atoms with E-state index in [-0.39, 0.29) is 0 Å². The Labute approximate surface area is 159 Å². The molecule has 0 radical (unpaired) electrons. The molecule has 1 heterocycles. The second kappa shape index (κ2) is 8.25. The SMILES string of the molecule is O=COc1ccc2c(c1)nc(NCc1ccccc1)n2C1CCCCCC1. The molecule has 2 aromatic carbocycles. The highest BCUT2D eigenvalue weighted by molar-refractivity contribution is 5.81. The van der Waals surface area contributed by atoms with Gasteiger partial charge in [-0.15, -0.1) is 0 Å². The van der Waals surface area contributed by atoms with E-state index in [0.29, 0.717) is 18.3 Å². The number of rotatable bonds is 6. The lowest BCUT2D eigenvalue weighted by Gasteiger charge is -2.20. The molecule has 1 fully saturated rings. The van der Waals surface area contributed by atoms with Gasteiger partial charge in [0.25, 0.3) is 6.47 Å². The molecule has 3 aromatic rings. The topological polar surface area (TPSA) is 56.1 Å². The van der Waals surface area contributed by atoms with Gasteiger partial charge in [-0.1, -0.05) is 56.0 Å². The van der Waals surface area contributed by atoms with Crippen LogP contribution in [-0.4, -0.2) is 16.0 Å². The number of carbonyl (C=O) groups excluding carboxylic acids is 1. The molecular formula is C22H25N3O2. The smallest absolute Gasteiger partial charge is 0.298 e. The summed E-state index contributed by atoms with van der Waals surface area (Å²) in [7, 11) is 0. The standard InChI is InChI=1S/C22H25N3O2/c26-16-27-19-12-13-21-20(14-19)24-22(23-15-17-8-4-3-5-9-17)25(21)18-10-6-1-2-7-11-18/h3-5,8-9,12-14,16,18H,1-2,6-7,10-11,15H2,(H,23,24). The third kappa shape index (κ3) is 3.97. The number of hydrogen-bond donors (Lipinski definition) is 1. The van der Waals surface area contributed by atoms with Gasteiger partial charge >= 0.3 is 0 Å². The van der Waals surface area contributed by atoms with E-state index in [9.17, 15) is 4.79 Å². The molecule has 4 rings (SSSR count). The van der Waals surface area contributed by atoms with E-state index in [2.05, 4.69) is 22.0 Å². The molecule has 5 nitrogen and oxygen atoms in total. The number of imidazole rings is 1. The van der Waals surface area contributed by atoms with Crippen LogP contribution in [0.1, 0.15) is 50.1 Å². The Morgan fingerprint density at radius 3 is 2.59 bits per heavy atom. The summed E-state index contributed by atoms with van der Waals surface area (Å²) in [6.45, 7) is 1.19. The summed E-state index contributed by atoms with van der Waals surface area (Å²) < 4.78 is 7.36. The molecule has 0 amide bonds. The number of anilines is 1. The third-order valence-corrected chi connectivity index (χ3v) is 5.33. The zero-order chi connectivity index (χ0) is 18.5. The second-order valence-electron chi connectivity index (χ2n) is 7.15. The van der Waals surface area contributed by atoms with Crippen molar-refractivity contribution in [2.75, 3.05) is 5.32 Å². The van der Waals surface area contributed by atoms with Crippen molar-refractivity contribution in [3.63, 3.8) is 0 Å². The molecule has 0 atom stereocenters. The highest BCUT2D eigenvalue weighted by Crippen LogP contribution is 2.34. The Morgan fingerprint density at radius 1 is 1.07 bits per heavy atom. The van der Waals surface area contributed by atoms with E-state index in [1.165, 1.54) is 44.1 Å². The van der Waals surface area contributed by atoms with E-state index >= 15 is 0 Å². The van der Waals surface area contributed by atoms with Crippen LogP contribution in [-0.2, 0) is 11.3 Å². The predicted molar refractivity (Wildman–Crippen MR) is 107 cm³/mol. The number of nitrogens with zero attached hydrogens (tertiary/aromatic N) is 2. The zero-order valence-electron chi connectivity index (χ0n) is 15.4. The quantitative estimate of drug-likeness (QED) is 0.490. The van der Waals surface area contributed by atoms with Crippen LogP contribution in [0, 0.1) is 0 Å². The number of hydrogen-bond acceptors (Lipinski definition) is 4. The van der Waals surface area contributed by atoms with Gasteiger partial charge < -0.3 is 14.6 Å². The number of aromatic nitrogens is 2. The van der Waals surface area contributed by atoms with Crippen LogP contribution in [0.25, 0.3) is 11.0 Å². The lowest BCUT2D eigenvalue weighted by molar-refractivity contribution is -0.120. The van der Waals surface area contributed by atoms with Crippen LogP contribution in [0.4, 0.5) is 5.95 Å². The van der Waals surface area contributed by atoms with Crippen LogP contribution in [0.15, 0.2) is 48.5 Å². The summed E-state index contributed by atoms with van der Waals surface area (Å²) in [5.74, 6) is 1.42. The maximum Gasteiger partial charge on any atom is 0.298 e. The van der Waals surface area contributed by atoms with Gasteiger partial charge in [0.05, 0.1) is 11.0 Å². The zero-order valence-corrected chi connectivity index (χ0v) is 15.4. The summed E-state index contributed by atoms with van der Waals surface area (Å²) in [6.07, 6.45) is 7.50. The number of carbonyl (C=O) groups is 1. The van der Waals surface area contributed by atoms with Gasteiger partial charge in [0, 0.05) is 18.7 Å². The Balaban J connectivity index is 1.70. The fourth-order valence-corrected chi connectivity index (χ4v) is 3.99. The maximum absolute atomic E-state index is 10.7. The molecule has 27 heavy (non-hydrogen) atoms. The minimum atomic E-state index is 0.452. The first-order valence-electron chi connectivity index (χ1n) is 9.75. The number of fused-ring (bicyclic) bond motifs is 1. The van der Waals surface area contributed by atoms with Gasteiger partial charge in [-0.3, -0.25) is 4.79 Å². The van der Waals surface area contributed by atoms with Crippen molar-refractivity contribution in [2.24, 2.45) is 0 Å². The van der Waals surface area contributed by atoms with E-state index < -0.39 is 0 Å². The molecule has 0 aliphatic heterocycles. The summed E-state index contributed by atoms with van der Waals surface area (Å²) in [5.41, 5.74) is 3.17. The third-order valence-electron chi connectivity index (χ3n) is 5.33. The summed E-state index contributed by atoms with van der Waals surface area (Å²) in [5, 5.41) is 3.53. The molecule has 1 saturated carbocycles. The molecule has 0 saturated heterocycles. The molecule has 0 bridgehead atoms. The van der Waals surface area contributed by atoms with Crippen molar-refractivity contribution in [3.8, 4) is 5.75 Å². The molecule has 5 heteroatoms. The first-order valence-corrected chi connectivity index (χ1v) is 9.75. The van der Waals surface area contributed by atoms with E-state index in [0.717, 1.165) is 23.5 Å². The molecule has 0 spiro atoms. The van der Waals surface area contributed by atoms with Gasteiger partial charge in [0.1, 0.15) is 5.75 Å². The summed E-state index contributed by atoms with van der Waals surface area (Å²) in [6, 6.07) is 16.5. The fourth-order valence-electron chi connectivity index (χ4n) is 3.99. The normalized spacial score (nSPS) is 15.4. The Morgan fingerprint density at radius 2 is 1.85 bits per heavy atom. The average Bonchev–Trinajstić information content (AvgIpc) is 2.86. The largest absolute Gasteiger partial charge is 0.429 e. The van der Waals surface area contributed by atoms with Gasteiger partial charge in [0.2, 0.25) is 5.95 Å². The van der Waals surface area contributed by atoms with Crippen molar-refractivity contribution in [1.29, 1.82) is 0 Å². The lowest BCUT2D eigenvalue weighted by Crippen LogP contribution is -2.13. The number of benzene rings is 2. The van der Waals surface area contributed by atoms with Crippen LogP contribution in [0.3, 0.4) is 0 Å². The van der Waals surface area contributed by atoms with Gasteiger partial charge in [-0.25, -0.2) is 4.98 Å². The molecule has 1 aliphatic rings. The van der Waals surface area contributed by atoms with E-state index in [1.807, 2.05) is 36.4 Å². The number of ether oxygens (including phenoxy) is 1. The first-order chi connectivity index (χ1) is 13.3.